The summed E-state index contributed by atoms with van der Waals surface area (Å²) < 4.78 is 18.5. The SMILES string of the molecule is CC(C)CC(C)Oc1cc(F)cc(Cl)c1. The molecule has 1 nitrogen and oxygen atoms in total. The maximum absolute atomic E-state index is 13.0. The predicted octanol–water partition coefficient (Wildman–Crippen LogP) is 4.29. The van der Waals surface area contributed by atoms with Crippen LogP contribution in [0.3, 0.4) is 0 Å². The number of ether oxygens (including phenoxy) is 1. The van der Waals surface area contributed by atoms with Crippen molar-refractivity contribution in [1.29, 1.82) is 0 Å². The van der Waals surface area contributed by atoms with E-state index in [0.717, 1.165) is 6.42 Å². The first-order valence-corrected chi connectivity index (χ1v) is 5.48. The fraction of sp³-hybridized carbons (Fsp3) is 0.500. The third-order valence-electron chi connectivity index (χ3n) is 1.98. The zero-order chi connectivity index (χ0) is 11.4. The number of hydrogen-bond donors (Lipinski definition) is 0. The Morgan fingerprint density at radius 2 is 1.93 bits per heavy atom. The van der Waals surface area contributed by atoms with E-state index in [0.29, 0.717) is 16.7 Å². The van der Waals surface area contributed by atoms with Crippen molar-refractivity contribution in [3.8, 4) is 5.75 Å². The van der Waals surface area contributed by atoms with Gasteiger partial charge in [-0.2, -0.15) is 0 Å². The van der Waals surface area contributed by atoms with Crippen LogP contribution in [0.1, 0.15) is 27.2 Å². The van der Waals surface area contributed by atoms with E-state index in [9.17, 15) is 4.39 Å². The van der Waals surface area contributed by atoms with Gasteiger partial charge in [0, 0.05) is 11.1 Å². The molecule has 0 aliphatic carbocycles. The molecule has 1 atom stereocenters. The highest BCUT2D eigenvalue weighted by Gasteiger charge is 2.08. The molecule has 0 radical (unpaired) electrons. The van der Waals surface area contributed by atoms with Crippen LogP contribution >= 0.6 is 11.6 Å². The molecule has 0 spiro atoms. The van der Waals surface area contributed by atoms with Crippen LogP contribution in [0.5, 0.6) is 5.75 Å². The van der Waals surface area contributed by atoms with E-state index in [4.69, 9.17) is 16.3 Å². The maximum Gasteiger partial charge on any atom is 0.128 e. The summed E-state index contributed by atoms with van der Waals surface area (Å²) in [5, 5.41) is 0.363. The predicted molar refractivity (Wildman–Crippen MR) is 61.0 cm³/mol. The van der Waals surface area contributed by atoms with Crippen LogP contribution in [0.25, 0.3) is 0 Å². The molecule has 1 unspecified atom stereocenters. The van der Waals surface area contributed by atoms with Crippen molar-refractivity contribution in [2.45, 2.75) is 33.3 Å². The third kappa shape index (κ3) is 4.52. The highest BCUT2D eigenvalue weighted by Crippen LogP contribution is 2.22. The van der Waals surface area contributed by atoms with Gasteiger partial charge in [-0.3, -0.25) is 0 Å². The largest absolute Gasteiger partial charge is 0.491 e. The van der Waals surface area contributed by atoms with E-state index in [1.165, 1.54) is 12.1 Å². The van der Waals surface area contributed by atoms with Gasteiger partial charge in [-0.05, 0) is 31.4 Å². The summed E-state index contributed by atoms with van der Waals surface area (Å²) in [6.07, 6.45) is 1.01. The fourth-order valence-corrected chi connectivity index (χ4v) is 1.75. The number of halogens is 2. The molecule has 0 saturated carbocycles. The molecule has 1 aromatic carbocycles. The highest BCUT2D eigenvalue weighted by atomic mass is 35.5. The third-order valence-corrected chi connectivity index (χ3v) is 2.19. The molecule has 1 aromatic rings. The summed E-state index contributed by atoms with van der Waals surface area (Å²) >= 11 is 5.72. The van der Waals surface area contributed by atoms with Gasteiger partial charge >= 0.3 is 0 Å². The number of hydrogen-bond acceptors (Lipinski definition) is 1. The summed E-state index contributed by atoms with van der Waals surface area (Å²) in [7, 11) is 0. The topological polar surface area (TPSA) is 9.23 Å². The summed E-state index contributed by atoms with van der Waals surface area (Å²) in [5.74, 6) is 0.687. The minimum Gasteiger partial charge on any atom is -0.491 e. The average Bonchev–Trinajstić information content (AvgIpc) is 1.98. The molecule has 0 N–H and O–H groups in total. The molecule has 3 heteroatoms. The fourth-order valence-electron chi connectivity index (χ4n) is 1.54. The van der Waals surface area contributed by atoms with Crippen LogP contribution in [0.2, 0.25) is 5.02 Å². The van der Waals surface area contributed by atoms with Crippen LogP contribution in [-0.2, 0) is 0 Å². The van der Waals surface area contributed by atoms with Gasteiger partial charge in [0.1, 0.15) is 11.6 Å². The second-order valence-corrected chi connectivity index (χ2v) is 4.60. The second-order valence-electron chi connectivity index (χ2n) is 4.16. The van der Waals surface area contributed by atoms with Crippen LogP contribution in [-0.4, -0.2) is 6.10 Å². The Morgan fingerprint density at radius 1 is 1.27 bits per heavy atom. The van der Waals surface area contributed by atoms with Crippen molar-refractivity contribution in [1.82, 2.24) is 0 Å². The van der Waals surface area contributed by atoms with Gasteiger partial charge < -0.3 is 4.74 Å². The molecular weight excluding hydrogens is 215 g/mol. The molecule has 0 fully saturated rings. The van der Waals surface area contributed by atoms with E-state index in [1.54, 1.807) is 6.07 Å². The Balaban J connectivity index is 2.63. The number of rotatable bonds is 4. The molecule has 0 aliphatic rings. The van der Waals surface area contributed by atoms with Crippen LogP contribution in [0, 0.1) is 11.7 Å². The van der Waals surface area contributed by atoms with Crippen molar-refractivity contribution in [3.05, 3.63) is 29.0 Å². The lowest BCUT2D eigenvalue weighted by Crippen LogP contribution is -2.14. The van der Waals surface area contributed by atoms with Gasteiger partial charge in [0.25, 0.3) is 0 Å². The van der Waals surface area contributed by atoms with Crippen molar-refractivity contribution in [3.63, 3.8) is 0 Å². The molecule has 84 valence electrons. The van der Waals surface area contributed by atoms with E-state index in [-0.39, 0.29) is 11.9 Å². The Labute approximate surface area is 95.2 Å². The smallest absolute Gasteiger partial charge is 0.128 e. The number of benzene rings is 1. The highest BCUT2D eigenvalue weighted by molar-refractivity contribution is 6.30. The van der Waals surface area contributed by atoms with Crippen LogP contribution < -0.4 is 4.74 Å². The molecule has 1 rings (SSSR count). The molecule has 0 aliphatic heterocycles. The van der Waals surface area contributed by atoms with Crippen molar-refractivity contribution >= 4 is 11.6 Å². The molecule has 15 heavy (non-hydrogen) atoms. The van der Waals surface area contributed by atoms with E-state index < -0.39 is 0 Å². The monoisotopic (exact) mass is 230 g/mol. The molecule has 0 heterocycles. The molecule has 0 bridgehead atoms. The van der Waals surface area contributed by atoms with Gasteiger partial charge in [0.15, 0.2) is 0 Å². The molecule has 0 amide bonds. The first-order valence-electron chi connectivity index (χ1n) is 5.10. The summed E-state index contributed by atoms with van der Waals surface area (Å²) in [6, 6.07) is 4.24. The zero-order valence-corrected chi connectivity index (χ0v) is 10.0. The second kappa shape index (κ2) is 5.36. The molecular formula is C12H16ClFO. The Kier molecular flexibility index (Phi) is 4.40. The molecule has 0 saturated heterocycles. The normalized spacial score (nSPS) is 12.9. The van der Waals surface area contributed by atoms with Gasteiger partial charge in [0.2, 0.25) is 0 Å². The van der Waals surface area contributed by atoms with E-state index >= 15 is 0 Å². The van der Waals surface area contributed by atoms with Gasteiger partial charge in [-0.1, -0.05) is 25.4 Å². The lowest BCUT2D eigenvalue weighted by molar-refractivity contribution is 0.192. The van der Waals surface area contributed by atoms with E-state index in [2.05, 4.69) is 13.8 Å². The zero-order valence-electron chi connectivity index (χ0n) is 9.26. The van der Waals surface area contributed by atoms with E-state index in [1.807, 2.05) is 6.92 Å². The van der Waals surface area contributed by atoms with Gasteiger partial charge in [-0.25, -0.2) is 4.39 Å². The average molecular weight is 231 g/mol. The summed E-state index contributed by atoms with van der Waals surface area (Å²) in [4.78, 5) is 0. The lowest BCUT2D eigenvalue weighted by atomic mass is 10.1. The lowest BCUT2D eigenvalue weighted by Gasteiger charge is -2.16. The van der Waals surface area contributed by atoms with Gasteiger partial charge in [-0.15, -0.1) is 0 Å². The quantitative estimate of drug-likeness (QED) is 0.750. The van der Waals surface area contributed by atoms with Crippen LogP contribution in [0.4, 0.5) is 4.39 Å². The first kappa shape index (κ1) is 12.3. The van der Waals surface area contributed by atoms with Crippen LogP contribution in [0.15, 0.2) is 18.2 Å². The minimum absolute atomic E-state index is 0.0721. The van der Waals surface area contributed by atoms with Gasteiger partial charge in [0.05, 0.1) is 6.10 Å². The Hall–Kier alpha value is -0.760. The van der Waals surface area contributed by atoms with Crippen molar-refractivity contribution in [2.75, 3.05) is 0 Å². The maximum atomic E-state index is 13.0. The van der Waals surface area contributed by atoms with Crippen molar-refractivity contribution in [2.24, 2.45) is 5.92 Å². The Bertz CT molecular complexity index is 305. The first-order chi connectivity index (χ1) is 6.97. The van der Waals surface area contributed by atoms with Crippen molar-refractivity contribution < 1.29 is 9.13 Å². The Morgan fingerprint density at radius 3 is 2.47 bits per heavy atom. The molecule has 0 aromatic heterocycles. The minimum atomic E-state index is -0.366. The summed E-state index contributed by atoms with van der Waals surface area (Å²) in [6.45, 7) is 6.22. The summed E-state index contributed by atoms with van der Waals surface area (Å²) in [5.41, 5.74) is 0. The standard InChI is InChI=1S/C12H16ClFO/c1-8(2)4-9(3)15-12-6-10(13)5-11(14)7-12/h5-9H,4H2,1-3H3.